The van der Waals surface area contributed by atoms with Crippen molar-refractivity contribution < 1.29 is 0 Å². The van der Waals surface area contributed by atoms with E-state index < -0.39 is 0 Å². The minimum absolute atomic E-state index is 0.410. The van der Waals surface area contributed by atoms with Crippen LogP contribution in [0.2, 0.25) is 5.02 Å². The second-order valence-corrected chi connectivity index (χ2v) is 5.75. The molecule has 0 saturated heterocycles. The molecule has 1 aromatic carbocycles. The summed E-state index contributed by atoms with van der Waals surface area (Å²) in [5, 5.41) is 0.879. The molecule has 0 spiro atoms. The molecule has 2 unspecified atom stereocenters. The summed E-state index contributed by atoms with van der Waals surface area (Å²) in [6.45, 7) is 2.24. The zero-order valence-corrected chi connectivity index (χ0v) is 11.1. The van der Waals surface area contributed by atoms with Gasteiger partial charge in [0.2, 0.25) is 0 Å². The normalized spacial score (nSPS) is 26.2. The summed E-state index contributed by atoms with van der Waals surface area (Å²) < 4.78 is 1.18. The molecule has 0 N–H and O–H groups in total. The van der Waals surface area contributed by atoms with Crippen LogP contribution >= 0.6 is 43.5 Å². The van der Waals surface area contributed by atoms with Crippen molar-refractivity contribution in [2.45, 2.75) is 18.2 Å². The highest BCUT2D eigenvalue weighted by Gasteiger charge is 2.30. The first kappa shape index (κ1) is 10.0. The van der Waals surface area contributed by atoms with Crippen molar-refractivity contribution >= 4 is 43.5 Å². The van der Waals surface area contributed by atoms with Crippen molar-refractivity contribution in [3.05, 3.63) is 32.8 Å². The Hall–Kier alpha value is 0.470. The van der Waals surface area contributed by atoms with Gasteiger partial charge in [-0.05, 0) is 35.6 Å². The van der Waals surface area contributed by atoms with Gasteiger partial charge in [0.1, 0.15) is 0 Å². The molecule has 2 rings (SSSR count). The Bertz CT molecular complexity index is 349. The fourth-order valence-electron chi connectivity index (χ4n) is 1.83. The lowest BCUT2D eigenvalue weighted by molar-refractivity contribution is 0.622. The molecule has 0 radical (unpaired) electrons. The molecule has 0 heterocycles. The number of fused-ring (bicyclic) bond motifs is 1. The highest BCUT2D eigenvalue weighted by molar-refractivity contribution is 9.10. The molecule has 13 heavy (non-hydrogen) atoms. The van der Waals surface area contributed by atoms with E-state index in [1.165, 1.54) is 15.6 Å². The maximum atomic E-state index is 6.15. The van der Waals surface area contributed by atoms with Gasteiger partial charge in [0, 0.05) is 14.3 Å². The monoisotopic (exact) mass is 322 g/mol. The maximum Gasteiger partial charge on any atom is 0.0453 e. The smallest absolute Gasteiger partial charge is 0.0453 e. The standard InChI is InChI=1S/C10H9Br2Cl/c1-5-4-6-7(11)2-3-8(13)9(6)10(5)12/h2-3,5,10H,4H2,1H3. The van der Waals surface area contributed by atoms with Gasteiger partial charge >= 0.3 is 0 Å². The predicted octanol–water partition coefficient (Wildman–Crippen LogP) is 4.73. The number of hydrogen-bond donors (Lipinski definition) is 0. The van der Waals surface area contributed by atoms with Gasteiger partial charge in [-0.25, -0.2) is 0 Å². The zero-order chi connectivity index (χ0) is 9.59. The van der Waals surface area contributed by atoms with E-state index in [2.05, 4.69) is 38.8 Å². The Balaban J connectivity index is 2.61. The molecule has 0 nitrogen and oxygen atoms in total. The number of hydrogen-bond acceptors (Lipinski definition) is 0. The Kier molecular flexibility index (Phi) is 2.74. The third kappa shape index (κ3) is 1.57. The lowest BCUT2D eigenvalue weighted by Gasteiger charge is -2.09. The van der Waals surface area contributed by atoms with Crippen LogP contribution in [0.5, 0.6) is 0 Å². The van der Waals surface area contributed by atoms with Crippen LogP contribution in [0.1, 0.15) is 22.9 Å². The van der Waals surface area contributed by atoms with Gasteiger partial charge in [0.05, 0.1) is 0 Å². The molecule has 70 valence electrons. The average molecular weight is 324 g/mol. The average Bonchev–Trinajstić information content (AvgIpc) is 2.38. The summed E-state index contributed by atoms with van der Waals surface area (Å²) in [6.07, 6.45) is 1.10. The quantitative estimate of drug-likeness (QED) is 0.605. The molecule has 1 aromatic rings. The largest absolute Gasteiger partial charge is 0.0840 e. The summed E-state index contributed by atoms with van der Waals surface area (Å²) in [5.74, 6) is 0.631. The maximum absolute atomic E-state index is 6.15. The molecule has 0 fully saturated rings. The Morgan fingerprint density at radius 1 is 1.46 bits per heavy atom. The zero-order valence-electron chi connectivity index (χ0n) is 7.15. The van der Waals surface area contributed by atoms with Crippen LogP contribution in [0.25, 0.3) is 0 Å². The Morgan fingerprint density at radius 2 is 2.15 bits per heavy atom. The molecule has 2 atom stereocenters. The van der Waals surface area contributed by atoms with Crippen LogP contribution in [0.4, 0.5) is 0 Å². The fraction of sp³-hybridized carbons (Fsp3) is 0.400. The molecular formula is C10H9Br2Cl. The van der Waals surface area contributed by atoms with E-state index in [4.69, 9.17) is 11.6 Å². The van der Waals surface area contributed by atoms with Crippen molar-refractivity contribution in [3.63, 3.8) is 0 Å². The highest BCUT2D eigenvalue weighted by atomic mass is 79.9. The second-order valence-electron chi connectivity index (χ2n) is 3.50. The van der Waals surface area contributed by atoms with E-state index in [1.54, 1.807) is 0 Å². The third-order valence-corrected chi connectivity index (χ3v) is 4.98. The molecule has 1 aliphatic carbocycles. The van der Waals surface area contributed by atoms with Gasteiger partial charge < -0.3 is 0 Å². The van der Waals surface area contributed by atoms with Crippen molar-refractivity contribution in [3.8, 4) is 0 Å². The third-order valence-electron chi connectivity index (χ3n) is 2.55. The van der Waals surface area contributed by atoms with E-state index in [0.29, 0.717) is 10.7 Å². The second kappa shape index (κ2) is 3.56. The first-order chi connectivity index (χ1) is 6.11. The summed E-state index contributed by atoms with van der Waals surface area (Å²) in [4.78, 5) is 0.410. The molecule has 0 bridgehead atoms. The van der Waals surface area contributed by atoms with Crippen LogP contribution in [0.3, 0.4) is 0 Å². The van der Waals surface area contributed by atoms with Gasteiger partial charge in [-0.3, -0.25) is 0 Å². The fourth-order valence-corrected chi connectivity index (χ4v) is 3.47. The van der Waals surface area contributed by atoms with Gasteiger partial charge in [-0.1, -0.05) is 50.4 Å². The van der Waals surface area contributed by atoms with Crippen molar-refractivity contribution in [2.75, 3.05) is 0 Å². The Morgan fingerprint density at radius 3 is 2.77 bits per heavy atom. The minimum Gasteiger partial charge on any atom is -0.0840 e. The summed E-state index contributed by atoms with van der Waals surface area (Å²) in [5.41, 5.74) is 2.63. The van der Waals surface area contributed by atoms with E-state index in [9.17, 15) is 0 Å². The van der Waals surface area contributed by atoms with Crippen molar-refractivity contribution in [2.24, 2.45) is 5.92 Å². The molecular weight excluding hydrogens is 315 g/mol. The molecule has 0 aromatic heterocycles. The van der Waals surface area contributed by atoms with Gasteiger partial charge in [-0.15, -0.1) is 0 Å². The van der Waals surface area contributed by atoms with Gasteiger partial charge in [0.25, 0.3) is 0 Å². The first-order valence-corrected chi connectivity index (χ1v) is 6.30. The molecule has 0 aliphatic heterocycles. The summed E-state index contributed by atoms with van der Waals surface area (Å²) >= 11 is 13.4. The molecule has 0 amide bonds. The lowest BCUT2D eigenvalue weighted by atomic mass is 10.1. The van der Waals surface area contributed by atoms with E-state index in [0.717, 1.165) is 11.4 Å². The molecule has 3 heteroatoms. The highest BCUT2D eigenvalue weighted by Crippen LogP contribution is 2.47. The predicted molar refractivity (Wildman–Crippen MR) is 63.7 cm³/mol. The Labute approximate surface area is 99.9 Å². The van der Waals surface area contributed by atoms with E-state index in [1.807, 2.05) is 12.1 Å². The van der Waals surface area contributed by atoms with Crippen LogP contribution in [0.15, 0.2) is 16.6 Å². The van der Waals surface area contributed by atoms with E-state index in [-0.39, 0.29) is 0 Å². The van der Waals surface area contributed by atoms with Crippen LogP contribution in [0, 0.1) is 5.92 Å². The molecule has 0 saturated carbocycles. The van der Waals surface area contributed by atoms with E-state index >= 15 is 0 Å². The molecule has 1 aliphatic rings. The summed E-state index contributed by atoms with van der Waals surface area (Å²) in [7, 11) is 0. The van der Waals surface area contributed by atoms with Crippen LogP contribution in [-0.2, 0) is 6.42 Å². The minimum atomic E-state index is 0.410. The number of halogens is 3. The van der Waals surface area contributed by atoms with Crippen molar-refractivity contribution in [1.82, 2.24) is 0 Å². The summed E-state index contributed by atoms with van der Waals surface area (Å²) in [6, 6.07) is 3.98. The topological polar surface area (TPSA) is 0 Å². The van der Waals surface area contributed by atoms with Crippen molar-refractivity contribution in [1.29, 1.82) is 0 Å². The number of alkyl halides is 1. The number of rotatable bonds is 0. The number of benzene rings is 1. The van der Waals surface area contributed by atoms with Gasteiger partial charge in [0.15, 0.2) is 0 Å². The van der Waals surface area contributed by atoms with Crippen LogP contribution < -0.4 is 0 Å². The first-order valence-electron chi connectivity index (χ1n) is 4.22. The SMILES string of the molecule is CC1Cc2c(Br)ccc(Cl)c2C1Br. The lowest BCUT2D eigenvalue weighted by Crippen LogP contribution is -1.94. The van der Waals surface area contributed by atoms with Crippen LogP contribution in [-0.4, -0.2) is 0 Å². The van der Waals surface area contributed by atoms with Gasteiger partial charge in [-0.2, -0.15) is 0 Å².